The van der Waals surface area contributed by atoms with E-state index >= 15 is 0 Å². The molecule has 1 amide bonds. The van der Waals surface area contributed by atoms with Crippen LogP contribution in [0.25, 0.3) is 5.69 Å². The third-order valence-electron chi connectivity index (χ3n) is 5.56. The summed E-state index contributed by atoms with van der Waals surface area (Å²) in [6.07, 6.45) is -2.18. The molecule has 0 unspecified atom stereocenters. The maximum Gasteiger partial charge on any atom is 0.435 e. The summed E-state index contributed by atoms with van der Waals surface area (Å²) < 4.78 is 73.9. The molecular weight excluding hydrogens is 487 g/mol. The molecular formula is C22H28F3N5O4S. The molecule has 1 aromatic carbocycles. The van der Waals surface area contributed by atoms with E-state index in [1.165, 1.54) is 12.0 Å². The summed E-state index contributed by atoms with van der Waals surface area (Å²) in [7, 11) is 1.32. The van der Waals surface area contributed by atoms with E-state index in [0.29, 0.717) is 43.1 Å². The number of sulfonamides is 1. The highest BCUT2D eigenvalue weighted by atomic mass is 32.2. The van der Waals surface area contributed by atoms with Crippen molar-refractivity contribution in [3.63, 3.8) is 0 Å². The number of aromatic nitrogens is 2. The third-order valence-corrected chi connectivity index (χ3v) is 6.10. The summed E-state index contributed by atoms with van der Waals surface area (Å²) in [5, 5.41) is 3.77. The van der Waals surface area contributed by atoms with E-state index in [-0.39, 0.29) is 24.2 Å². The maximum atomic E-state index is 13.7. The van der Waals surface area contributed by atoms with Gasteiger partial charge >= 0.3 is 6.18 Å². The number of carbonyl (C=O) groups excluding carboxylic acids is 1. The van der Waals surface area contributed by atoms with E-state index < -0.39 is 27.8 Å². The third kappa shape index (κ3) is 6.32. The van der Waals surface area contributed by atoms with Gasteiger partial charge in [-0.3, -0.25) is 4.79 Å². The summed E-state index contributed by atoms with van der Waals surface area (Å²) in [6.45, 7) is 0.453. The molecule has 0 spiro atoms. The average molecular weight is 516 g/mol. The maximum absolute atomic E-state index is 13.7. The predicted octanol–water partition coefficient (Wildman–Crippen LogP) is 2.99. The van der Waals surface area contributed by atoms with Crippen molar-refractivity contribution in [3.8, 4) is 11.4 Å². The number of ether oxygens (including phenoxy) is 1. The lowest BCUT2D eigenvalue weighted by Gasteiger charge is -2.28. The number of methoxy groups -OCH3 is 1. The normalized spacial score (nSPS) is 14.8. The molecule has 0 fully saturated rings. The number of benzene rings is 1. The molecule has 0 radical (unpaired) electrons. The zero-order chi connectivity index (χ0) is 26.0. The standard InChI is InChI=1S/C22H28F3N5O4S/c1-28(2)18(27-35(4,32)33)7-5-6-13-29-14-12-17-19(21(29)31)30(26-20(17)22(23,24)25)15-8-10-16(34-3)11-9-15/h8-11H,5-7,12-14H2,1-4H3/b27-18-. The lowest BCUT2D eigenvalue weighted by atomic mass is 10.0. The fourth-order valence-corrected chi connectivity index (χ4v) is 4.52. The second-order valence-electron chi connectivity index (χ2n) is 8.42. The minimum Gasteiger partial charge on any atom is -0.497 e. The van der Waals surface area contributed by atoms with Gasteiger partial charge in [-0.15, -0.1) is 0 Å². The van der Waals surface area contributed by atoms with Gasteiger partial charge in [0.2, 0.25) is 0 Å². The van der Waals surface area contributed by atoms with Gasteiger partial charge in [0, 0.05) is 39.2 Å². The van der Waals surface area contributed by atoms with Gasteiger partial charge in [-0.25, -0.2) is 13.1 Å². The first-order valence-electron chi connectivity index (χ1n) is 10.9. The first-order valence-corrected chi connectivity index (χ1v) is 12.8. The molecule has 35 heavy (non-hydrogen) atoms. The highest BCUT2D eigenvalue weighted by molar-refractivity contribution is 7.89. The van der Waals surface area contributed by atoms with Gasteiger partial charge in [0.1, 0.15) is 17.3 Å². The summed E-state index contributed by atoms with van der Waals surface area (Å²) in [4.78, 5) is 16.4. The first-order chi connectivity index (χ1) is 16.3. The Hall–Kier alpha value is -3.09. The Kier molecular flexibility index (Phi) is 7.77. The monoisotopic (exact) mass is 515 g/mol. The molecule has 0 bridgehead atoms. The van der Waals surface area contributed by atoms with Crippen LogP contribution in [-0.2, 0) is 22.6 Å². The van der Waals surface area contributed by atoms with E-state index in [1.54, 1.807) is 43.3 Å². The second kappa shape index (κ2) is 10.3. The molecule has 9 nitrogen and oxygen atoms in total. The Morgan fingerprint density at radius 1 is 1.20 bits per heavy atom. The van der Waals surface area contributed by atoms with Gasteiger partial charge in [-0.05, 0) is 43.5 Å². The Labute approximate surface area is 202 Å². The van der Waals surface area contributed by atoms with Crippen LogP contribution in [0.3, 0.4) is 0 Å². The summed E-state index contributed by atoms with van der Waals surface area (Å²) in [5.41, 5.74) is -0.935. The molecule has 0 saturated carbocycles. The summed E-state index contributed by atoms with van der Waals surface area (Å²) in [5.74, 6) is 0.394. The smallest absolute Gasteiger partial charge is 0.435 e. The first kappa shape index (κ1) is 26.5. The van der Waals surface area contributed by atoms with Crippen LogP contribution >= 0.6 is 0 Å². The SMILES string of the molecule is COc1ccc(-n2nc(C(F)(F)F)c3c2C(=O)N(CCCC/C(=N/S(C)(=O)=O)N(C)C)CC3)cc1. The van der Waals surface area contributed by atoms with Crippen LogP contribution in [0.4, 0.5) is 13.2 Å². The zero-order valence-corrected chi connectivity index (χ0v) is 20.8. The number of carbonyl (C=O) groups is 1. The minimum absolute atomic E-state index is 0.0323. The van der Waals surface area contributed by atoms with E-state index in [9.17, 15) is 26.4 Å². The topological polar surface area (TPSA) is 97.1 Å². The molecule has 13 heteroatoms. The number of hydrogen-bond donors (Lipinski definition) is 0. The Bertz CT molecular complexity index is 1200. The Morgan fingerprint density at radius 2 is 1.86 bits per heavy atom. The fourth-order valence-electron chi connectivity index (χ4n) is 3.88. The number of hydrogen-bond acceptors (Lipinski definition) is 5. The predicted molar refractivity (Wildman–Crippen MR) is 125 cm³/mol. The van der Waals surface area contributed by atoms with Gasteiger partial charge in [0.15, 0.2) is 5.69 Å². The number of halogens is 3. The van der Waals surface area contributed by atoms with Gasteiger partial charge < -0.3 is 14.5 Å². The minimum atomic E-state index is -4.69. The van der Waals surface area contributed by atoms with Gasteiger partial charge in [-0.2, -0.15) is 22.7 Å². The summed E-state index contributed by atoms with van der Waals surface area (Å²) >= 11 is 0. The molecule has 2 heterocycles. The number of rotatable bonds is 8. The molecule has 0 N–H and O–H groups in total. The van der Waals surface area contributed by atoms with Crippen LogP contribution in [0, 0.1) is 0 Å². The van der Waals surface area contributed by atoms with Crippen molar-refractivity contribution in [1.29, 1.82) is 0 Å². The van der Waals surface area contributed by atoms with Crippen LogP contribution in [0.2, 0.25) is 0 Å². The van der Waals surface area contributed by atoms with Crippen molar-refractivity contribution in [3.05, 3.63) is 41.2 Å². The highest BCUT2D eigenvalue weighted by Gasteiger charge is 2.43. The number of amidine groups is 1. The molecule has 1 aromatic heterocycles. The van der Waals surface area contributed by atoms with Crippen LogP contribution in [0.1, 0.15) is 41.0 Å². The number of amides is 1. The van der Waals surface area contributed by atoms with Crippen molar-refractivity contribution in [2.45, 2.75) is 31.9 Å². The van der Waals surface area contributed by atoms with E-state index in [0.717, 1.165) is 10.9 Å². The van der Waals surface area contributed by atoms with Crippen molar-refractivity contribution in [2.24, 2.45) is 4.40 Å². The van der Waals surface area contributed by atoms with Crippen LogP contribution in [0.5, 0.6) is 5.75 Å². The number of nitrogens with zero attached hydrogens (tertiary/aromatic N) is 5. The molecule has 2 aromatic rings. The Balaban J connectivity index is 1.80. The van der Waals surface area contributed by atoms with Crippen LogP contribution in [0.15, 0.2) is 28.7 Å². The molecule has 0 atom stereocenters. The molecule has 3 rings (SSSR count). The van der Waals surface area contributed by atoms with Crippen LogP contribution in [-0.4, -0.2) is 80.3 Å². The van der Waals surface area contributed by atoms with Crippen LogP contribution < -0.4 is 4.74 Å². The Morgan fingerprint density at radius 3 is 2.40 bits per heavy atom. The highest BCUT2D eigenvalue weighted by Crippen LogP contribution is 2.36. The molecule has 192 valence electrons. The number of alkyl halides is 3. The molecule has 0 aliphatic carbocycles. The number of unbranched alkanes of at least 4 members (excludes halogenated alkanes) is 1. The molecule has 1 aliphatic rings. The second-order valence-corrected chi connectivity index (χ2v) is 10.1. The lowest BCUT2D eigenvalue weighted by molar-refractivity contribution is -0.142. The van der Waals surface area contributed by atoms with Gasteiger partial charge in [-0.1, -0.05) is 0 Å². The van der Waals surface area contributed by atoms with Crippen molar-refractivity contribution in [2.75, 3.05) is 40.6 Å². The van der Waals surface area contributed by atoms with E-state index in [4.69, 9.17) is 4.74 Å². The number of fused-ring (bicyclic) bond motifs is 1. The van der Waals surface area contributed by atoms with Crippen molar-refractivity contribution >= 4 is 21.8 Å². The van der Waals surface area contributed by atoms with Crippen molar-refractivity contribution < 1.29 is 31.1 Å². The quantitative estimate of drug-likeness (QED) is 0.305. The average Bonchev–Trinajstić information content (AvgIpc) is 3.17. The largest absolute Gasteiger partial charge is 0.497 e. The van der Waals surface area contributed by atoms with Crippen molar-refractivity contribution in [1.82, 2.24) is 19.6 Å². The van der Waals surface area contributed by atoms with Gasteiger partial charge in [0.25, 0.3) is 15.9 Å². The lowest BCUT2D eigenvalue weighted by Crippen LogP contribution is -2.39. The summed E-state index contributed by atoms with van der Waals surface area (Å²) in [6, 6.07) is 6.26. The van der Waals surface area contributed by atoms with E-state index in [1.807, 2.05) is 0 Å². The fraction of sp³-hybridized carbons (Fsp3) is 0.500. The van der Waals surface area contributed by atoms with E-state index in [2.05, 4.69) is 9.50 Å². The zero-order valence-electron chi connectivity index (χ0n) is 20.0. The molecule has 0 saturated heterocycles. The van der Waals surface area contributed by atoms with Gasteiger partial charge in [0.05, 0.1) is 19.1 Å². The molecule has 1 aliphatic heterocycles.